The molecule has 6 aliphatic carbocycles. The van der Waals surface area contributed by atoms with Crippen molar-refractivity contribution in [3.05, 3.63) is 0 Å². The average Bonchev–Trinajstić information content (AvgIpc) is 3.41. The van der Waals surface area contributed by atoms with Gasteiger partial charge < -0.3 is 14.6 Å². The standard InChI is InChI=1S/C42H70O5/c1-11-18-35(4,5)33(44)40-22-29-20-30(23-40)25-41(24-29,26-40)34(45)42(13-3)38(9,12-2)39(42,10)47-36(6,7)31-17-16-28-15-14-19-37(8,27-43)46-32(31)21-28/h28-32,43H,11-27H2,1-10H3. The van der Waals surface area contributed by atoms with Gasteiger partial charge in [-0.3, -0.25) is 9.59 Å². The second-order valence-corrected chi connectivity index (χ2v) is 19.9. The summed E-state index contributed by atoms with van der Waals surface area (Å²) in [6.45, 7) is 22.3. The van der Waals surface area contributed by atoms with Gasteiger partial charge in [0.05, 0.1) is 34.9 Å². The van der Waals surface area contributed by atoms with E-state index in [-0.39, 0.29) is 34.9 Å². The van der Waals surface area contributed by atoms with Gasteiger partial charge in [-0.2, -0.15) is 0 Å². The molecule has 1 aliphatic heterocycles. The number of aliphatic hydroxyl groups excluding tert-OH is 1. The number of ketones is 2. The highest BCUT2D eigenvalue weighted by atomic mass is 16.5. The van der Waals surface area contributed by atoms with Crippen LogP contribution in [0, 0.1) is 50.7 Å². The zero-order valence-electron chi connectivity index (χ0n) is 32.0. The van der Waals surface area contributed by atoms with Crippen LogP contribution in [-0.4, -0.2) is 46.2 Å². The molecule has 5 heteroatoms. The zero-order chi connectivity index (χ0) is 34.5. The van der Waals surface area contributed by atoms with E-state index in [4.69, 9.17) is 9.47 Å². The molecule has 0 spiro atoms. The third-order valence-electron chi connectivity index (χ3n) is 16.2. The summed E-state index contributed by atoms with van der Waals surface area (Å²) in [5, 5.41) is 10.3. The first-order valence-corrected chi connectivity index (χ1v) is 19.9. The number of carbonyl (C=O) groups is 2. The predicted molar refractivity (Wildman–Crippen MR) is 188 cm³/mol. The van der Waals surface area contributed by atoms with Gasteiger partial charge in [-0.1, -0.05) is 60.8 Å². The number of aliphatic hydroxyl groups is 1. The molecule has 0 aromatic heterocycles. The Kier molecular flexibility index (Phi) is 8.91. The largest absolute Gasteiger partial charge is 0.393 e. The SMILES string of the molecule is CCCC(C)(C)C(=O)C12CC3CC(C1)CC(C(=O)C1(CC)C(C)(CC)C1(C)OC(C)(C)C1CCC4CCCC(C)(CO)OC1C4)(C3)C2. The van der Waals surface area contributed by atoms with Crippen molar-refractivity contribution in [3.63, 3.8) is 0 Å². The Morgan fingerprint density at radius 2 is 1.49 bits per heavy atom. The fourth-order valence-electron chi connectivity index (χ4n) is 14.2. The van der Waals surface area contributed by atoms with E-state index in [1.54, 1.807) is 0 Å². The molecule has 5 nitrogen and oxygen atoms in total. The van der Waals surface area contributed by atoms with E-state index in [1.165, 1.54) is 19.3 Å². The highest BCUT2D eigenvalue weighted by Crippen LogP contribution is 2.81. The highest BCUT2D eigenvalue weighted by molar-refractivity contribution is 5.98. The average molecular weight is 655 g/mol. The second kappa shape index (κ2) is 11.6. The van der Waals surface area contributed by atoms with Gasteiger partial charge in [0.25, 0.3) is 0 Å². The Labute approximate surface area is 287 Å². The van der Waals surface area contributed by atoms with Crippen molar-refractivity contribution in [1.82, 2.24) is 0 Å². The maximum Gasteiger partial charge on any atom is 0.148 e. The lowest BCUT2D eigenvalue weighted by Crippen LogP contribution is -2.61. The molecule has 47 heavy (non-hydrogen) atoms. The maximum absolute atomic E-state index is 15.7. The maximum atomic E-state index is 15.7. The van der Waals surface area contributed by atoms with E-state index in [0.29, 0.717) is 29.3 Å². The summed E-state index contributed by atoms with van der Waals surface area (Å²) in [5.74, 6) is 2.73. The van der Waals surface area contributed by atoms with Gasteiger partial charge in [-0.05, 0) is 129 Å². The summed E-state index contributed by atoms with van der Waals surface area (Å²) in [7, 11) is 0. The van der Waals surface area contributed by atoms with E-state index in [2.05, 4.69) is 69.2 Å². The molecule has 7 aliphatic rings. The first kappa shape index (κ1) is 36.0. The minimum atomic E-state index is -0.592. The molecule has 1 heterocycles. The monoisotopic (exact) mass is 655 g/mol. The Morgan fingerprint density at radius 1 is 0.851 bits per heavy atom. The van der Waals surface area contributed by atoms with Gasteiger partial charge in [-0.15, -0.1) is 0 Å². The van der Waals surface area contributed by atoms with E-state index in [9.17, 15) is 9.90 Å². The molecule has 9 unspecified atom stereocenters. The quantitative estimate of drug-likeness (QED) is 0.227. The summed E-state index contributed by atoms with van der Waals surface area (Å²) in [5.41, 5.74) is -3.53. The van der Waals surface area contributed by atoms with Crippen LogP contribution in [0.15, 0.2) is 0 Å². The highest BCUT2D eigenvalue weighted by Gasteiger charge is 2.87. The number of fused-ring (bicyclic) bond motifs is 2. The first-order chi connectivity index (χ1) is 21.9. The van der Waals surface area contributed by atoms with E-state index < -0.39 is 27.6 Å². The minimum Gasteiger partial charge on any atom is -0.393 e. The number of Topliss-reactive ketones (excluding diaryl/α,β-unsaturated/α-hetero) is 2. The van der Waals surface area contributed by atoms with Gasteiger partial charge in [0.15, 0.2) is 0 Å². The van der Waals surface area contributed by atoms with Crippen molar-refractivity contribution in [2.45, 2.75) is 195 Å². The van der Waals surface area contributed by atoms with Gasteiger partial charge in [-0.25, -0.2) is 0 Å². The molecule has 0 aromatic rings. The van der Waals surface area contributed by atoms with Crippen molar-refractivity contribution in [3.8, 4) is 0 Å². The molecular formula is C42H70O5. The van der Waals surface area contributed by atoms with Crippen molar-refractivity contribution in [2.75, 3.05) is 6.61 Å². The molecule has 0 amide bonds. The molecule has 9 atom stereocenters. The third kappa shape index (κ3) is 5.14. The lowest BCUT2D eigenvalue weighted by Gasteiger charge is -2.62. The van der Waals surface area contributed by atoms with E-state index in [1.807, 2.05) is 0 Å². The number of hydrogen-bond acceptors (Lipinski definition) is 5. The Balaban J connectivity index is 1.32. The molecule has 0 aromatic carbocycles. The van der Waals surface area contributed by atoms with Crippen molar-refractivity contribution < 1.29 is 24.2 Å². The Bertz CT molecular complexity index is 1220. The van der Waals surface area contributed by atoms with Crippen LogP contribution < -0.4 is 0 Å². The van der Waals surface area contributed by atoms with Gasteiger partial charge in [0, 0.05) is 27.6 Å². The molecule has 1 saturated heterocycles. The molecule has 6 saturated carbocycles. The molecule has 7 fully saturated rings. The molecular weight excluding hydrogens is 584 g/mol. The smallest absolute Gasteiger partial charge is 0.148 e. The Morgan fingerprint density at radius 3 is 2.06 bits per heavy atom. The van der Waals surface area contributed by atoms with Crippen LogP contribution >= 0.6 is 0 Å². The summed E-state index contributed by atoms with van der Waals surface area (Å²) in [6.07, 6.45) is 16.0. The molecule has 1 N–H and O–H groups in total. The van der Waals surface area contributed by atoms with E-state index in [0.717, 1.165) is 83.5 Å². The molecule has 0 radical (unpaired) electrons. The van der Waals surface area contributed by atoms with Crippen LogP contribution in [-0.2, 0) is 19.1 Å². The number of carbonyl (C=O) groups excluding carboxylic acids is 2. The predicted octanol–water partition coefficient (Wildman–Crippen LogP) is 9.65. The van der Waals surface area contributed by atoms with Crippen LogP contribution in [0.2, 0.25) is 0 Å². The topological polar surface area (TPSA) is 72.8 Å². The number of hydrogen-bond donors (Lipinski definition) is 1. The van der Waals surface area contributed by atoms with Gasteiger partial charge in [0.1, 0.15) is 11.6 Å². The lowest BCUT2D eigenvalue weighted by atomic mass is 9.40. The number of ether oxygens (including phenoxy) is 2. The third-order valence-corrected chi connectivity index (χ3v) is 16.2. The van der Waals surface area contributed by atoms with Crippen LogP contribution in [0.1, 0.15) is 172 Å². The van der Waals surface area contributed by atoms with Crippen molar-refractivity contribution in [2.24, 2.45) is 50.7 Å². The number of rotatable bonds is 12. The fourth-order valence-corrected chi connectivity index (χ4v) is 14.2. The van der Waals surface area contributed by atoms with Gasteiger partial charge in [0.2, 0.25) is 0 Å². The minimum absolute atomic E-state index is 0.0451. The van der Waals surface area contributed by atoms with Crippen molar-refractivity contribution >= 4 is 11.6 Å². The molecule has 7 rings (SSSR count). The summed E-state index contributed by atoms with van der Waals surface area (Å²) in [6, 6.07) is 0. The second-order valence-electron chi connectivity index (χ2n) is 19.9. The molecule has 268 valence electrons. The van der Waals surface area contributed by atoms with Crippen molar-refractivity contribution in [1.29, 1.82) is 0 Å². The Hall–Kier alpha value is -0.780. The fraction of sp³-hybridized carbons (Fsp3) is 0.952. The van der Waals surface area contributed by atoms with Gasteiger partial charge >= 0.3 is 0 Å². The molecule has 6 bridgehead atoms. The normalized spacial score (nSPS) is 47.8. The van der Waals surface area contributed by atoms with Crippen LogP contribution in [0.3, 0.4) is 0 Å². The van der Waals surface area contributed by atoms with Crippen LogP contribution in [0.4, 0.5) is 0 Å². The van der Waals surface area contributed by atoms with Crippen LogP contribution in [0.5, 0.6) is 0 Å². The summed E-state index contributed by atoms with van der Waals surface area (Å²) >= 11 is 0. The van der Waals surface area contributed by atoms with Crippen LogP contribution in [0.25, 0.3) is 0 Å². The lowest BCUT2D eigenvalue weighted by molar-refractivity contribution is -0.214. The summed E-state index contributed by atoms with van der Waals surface area (Å²) < 4.78 is 14.4. The summed E-state index contributed by atoms with van der Waals surface area (Å²) in [4.78, 5) is 30.3. The zero-order valence-corrected chi connectivity index (χ0v) is 32.0. The first-order valence-electron chi connectivity index (χ1n) is 19.9. The van der Waals surface area contributed by atoms with E-state index >= 15 is 4.79 Å².